The van der Waals surface area contributed by atoms with E-state index in [0.29, 0.717) is 5.56 Å². The summed E-state index contributed by atoms with van der Waals surface area (Å²) in [6.45, 7) is 1.83. The van der Waals surface area contributed by atoms with E-state index in [-0.39, 0.29) is 18.6 Å². The van der Waals surface area contributed by atoms with Gasteiger partial charge in [-0.2, -0.15) is 13.2 Å². The lowest BCUT2D eigenvalue weighted by molar-refractivity contribution is -0.135. The van der Waals surface area contributed by atoms with Crippen molar-refractivity contribution in [2.24, 2.45) is 0 Å². The van der Waals surface area contributed by atoms with Gasteiger partial charge in [0.1, 0.15) is 0 Å². The Labute approximate surface area is 106 Å². The fraction of sp³-hybridized carbons (Fsp3) is 0.417. The largest absolute Gasteiger partial charge is 0.389 e. The number of alkyl halides is 3. The third-order valence-corrected chi connectivity index (χ3v) is 3.23. The van der Waals surface area contributed by atoms with E-state index in [0.717, 1.165) is 10.0 Å². The lowest BCUT2D eigenvalue weighted by Gasteiger charge is -2.06. The first-order valence-corrected chi connectivity index (χ1v) is 5.95. The van der Waals surface area contributed by atoms with Crippen molar-refractivity contribution in [2.75, 3.05) is 0 Å². The van der Waals surface area contributed by atoms with Crippen LogP contribution in [-0.2, 0) is 0 Å². The fourth-order valence-corrected chi connectivity index (χ4v) is 1.66. The molecule has 0 atom stereocenters. The highest BCUT2D eigenvalue weighted by Crippen LogP contribution is 2.23. The van der Waals surface area contributed by atoms with Crippen LogP contribution < -0.4 is 0 Å². The lowest BCUT2D eigenvalue weighted by atomic mass is 10.0. The molecule has 0 aromatic heterocycles. The second-order valence-corrected chi connectivity index (χ2v) is 4.71. The van der Waals surface area contributed by atoms with Gasteiger partial charge in [-0.25, -0.2) is 0 Å². The van der Waals surface area contributed by atoms with Gasteiger partial charge in [-0.15, -0.1) is 0 Å². The van der Waals surface area contributed by atoms with E-state index < -0.39 is 12.6 Å². The number of ketones is 1. The van der Waals surface area contributed by atoms with E-state index in [9.17, 15) is 18.0 Å². The fourth-order valence-electron chi connectivity index (χ4n) is 1.41. The second kappa shape index (κ2) is 5.67. The maximum absolute atomic E-state index is 11.9. The van der Waals surface area contributed by atoms with Crippen molar-refractivity contribution in [3.8, 4) is 0 Å². The van der Waals surface area contributed by atoms with E-state index in [4.69, 9.17) is 0 Å². The highest BCUT2D eigenvalue weighted by molar-refractivity contribution is 9.10. The average molecular weight is 309 g/mol. The number of carbonyl (C=O) groups excluding carboxylic acids is 1. The molecule has 0 aliphatic heterocycles. The number of aryl methyl sites for hydroxylation is 1. The predicted octanol–water partition coefficient (Wildman–Crippen LogP) is 4.67. The summed E-state index contributed by atoms with van der Waals surface area (Å²) in [5.41, 5.74) is 1.36. The minimum atomic E-state index is -4.18. The minimum absolute atomic E-state index is 0.0689. The summed E-state index contributed by atoms with van der Waals surface area (Å²) >= 11 is 3.30. The van der Waals surface area contributed by atoms with Crippen LogP contribution in [0.1, 0.15) is 35.2 Å². The van der Waals surface area contributed by atoms with E-state index in [1.54, 1.807) is 18.2 Å². The van der Waals surface area contributed by atoms with Gasteiger partial charge in [0.15, 0.2) is 5.78 Å². The number of hydrogen-bond acceptors (Lipinski definition) is 1. The van der Waals surface area contributed by atoms with Gasteiger partial charge < -0.3 is 0 Å². The van der Waals surface area contributed by atoms with Crippen molar-refractivity contribution in [1.29, 1.82) is 0 Å². The number of rotatable bonds is 4. The van der Waals surface area contributed by atoms with Gasteiger partial charge in [-0.05, 0) is 31.0 Å². The molecule has 0 amide bonds. The Bertz CT molecular complexity index is 413. The number of halogens is 4. The molecule has 0 fully saturated rings. The van der Waals surface area contributed by atoms with Crippen molar-refractivity contribution in [3.05, 3.63) is 33.8 Å². The topological polar surface area (TPSA) is 17.1 Å². The van der Waals surface area contributed by atoms with Crippen LogP contribution >= 0.6 is 15.9 Å². The molecule has 94 valence electrons. The van der Waals surface area contributed by atoms with Crippen LogP contribution in [0, 0.1) is 6.92 Å². The van der Waals surface area contributed by atoms with Crippen molar-refractivity contribution in [1.82, 2.24) is 0 Å². The molecule has 17 heavy (non-hydrogen) atoms. The first-order chi connectivity index (χ1) is 7.79. The van der Waals surface area contributed by atoms with Gasteiger partial charge in [0, 0.05) is 22.9 Å². The van der Waals surface area contributed by atoms with Crippen LogP contribution in [0.5, 0.6) is 0 Å². The highest BCUT2D eigenvalue weighted by atomic mass is 79.9. The number of carbonyl (C=O) groups is 1. The second-order valence-electron chi connectivity index (χ2n) is 3.86. The Morgan fingerprint density at radius 2 is 2.00 bits per heavy atom. The van der Waals surface area contributed by atoms with Crippen molar-refractivity contribution in [3.63, 3.8) is 0 Å². The molecule has 0 heterocycles. The zero-order valence-corrected chi connectivity index (χ0v) is 10.9. The standard InChI is InChI=1S/C12H12BrF3O/c1-8-7-9(4-5-10(8)13)11(17)3-2-6-12(14,15)16/h4-5,7H,2-3,6H2,1H3. The molecule has 0 unspecified atom stereocenters. The molecule has 0 aliphatic rings. The van der Waals surface area contributed by atoms with E-state index in [2.05, 4.69) is 15.9 Å². The Morgan fingerprint density at radius 1 is 1.35 bits per heavy atom. The summed E-state index contributed by atoms with van der Waals surface area (Å²) in [4.78, 5) is 11.6. The summed E-state index contributed by atoms with van der Waals surface area (Å²) < 4.78 is 36.6. The molecule has 0 radical (unpaired) electrons. The number of Topliss-reactive ketones (excluding diaryl/α,β-unsaturated/α-hetero) is 1. The summed E-state index contributed by atoms with van der Waals surface area (Å²) in [6.07, 6.45) is -5.32. The van der Waals surface area contributed by atoms with Crippen LogP contribution in [0.2, 0.25) is 0 Å². The third kappa shape index (κ3) is 4.89. The molecule has 5 heteroatoms. The van der Waals surface area contributed by atoms with Gasteiger partial charge in [0.2, 0.25) is 0 Å². The SMILES string of the molecule is Cc1cc(C(=O)CCCC(F)(F)F)ccc1Br. The zero-order chi connectivity index (χ0) is 13.1. The molecule has 0 spiro atoms. The number of hydrogen-bond donors (Lipinski definition) is 0. The molecule has 1 aromatic rings. The quantitative estimate of drug-likeness (QED) is 0.739. The maximum Gasteiger partial charge on any atom is 0.389 e. The minimum Gasteiger partial charge on any atom is -0.294 e. The highest BCUT2D eigenvalue weighted by Gasteiger charge is 2.26. The van der Waals surface area contributed by atoms with E-state index in [1.165, 1.54) is 0 Å². The molecule has 0 aliphatic carbocycles. The Kier molecular flexibility index (Phi) is 4.74. The van der Waals surface area contributed by atoms with Gasteiger partial charge in [-0.1, -0.05) is 22.0 Å². The van der Waals surface area contributed by atoms with Crippen LogP contribution in [0.4, 0.5) is 13.2 Å². The van der Waals surface area contributed by atoms with Crippen molar-refractivity contribution < 1.29 is 18.0 Å². The summed E-state index contributed by atoms with van der Waals surface area (Å²) in [7, 11) is 0. The van der Waals surface area contributed by atoms with Crippen LogP contribution in [0.3, 0.4) is 0 Å². The zero-order valence-electron chi connectivity index (χ0n) is 9.27. The summed E-state index contributed by atoms with van der Waals surface area (Å²) in [5.74, 6) is -0.246. The summed E-state index contributed by atoms with van der Waals surface area (Å²) in [6, 6.07) is 5.03. The third-order valence-electron chi connectivity index (χ3n) is 2.34. The van der Waals surface area contributed by atoms with E-state index in [1.807, 2.05) is 6.92 Å². The molecule has 0 saturated carbocycles. The van der Waals surface area contributed by atoms with Crippen molar-refractivity contribution >= 4 is 21.7 Å². The predicted molar refractivity (Wildman–Crippen MR) is 63.1 cm³/mol. The van der Waals surface area contributed by atoms with Crippen LogP contribution in [-0.4, -0.2) is 12.0 Å². The van der Waals surface area contributed by atoms with Crippen LogP contribution in [0.25, 0.3) is 0 Å². The molecule has 1 nitrogen and oxygen atoms in total. The summed E-state index contributed by atoms with van der Waals surface area (Å²) in [5, 5.41) is 0. The van der Waals surface area contributed by atoms with Gasteiger partial charge in [-0.3, -0.25) is 4.79 Å². The monoisotopic (exact) mass is 308 g/mol. The van der Waals surface area contributed by atoms with Gasteiger partial charge >= 0.3 is 6.18 Å². The Hall–Kier alpha value is -0.840. The van der Waals surface area contributed by atoms with Crippen molar-refractivity contribution in [2.45, 2.75) is 32.4 Å². The van der Waals surface area contributed by atoms with Gasteiger partial charge in [0.05, 0.1) is 0 Å². The molecule has 0 saturated heterocycles. The molecule has 1 rings (SSSR count). The Balaban J connectivity index is 2.56. The molecular weight excluding hydrogens is 297 g/mol. The van der Waals surface area contributed by atoms with Crippen LogP contribution in [0.15, 0.2) is 22.7 Å². The number of benzene rings is 1. The van der Waals surface area contributed by atoms with Gasteiger partial charge in [0.25, 0.3) is 0 Å². The molecule has 0 bridgehead atoms. The van der Waals surface area contributed by atoms with E-state index >= 15 is 0 Å². The molecule has 0 N–H and O–H groups in total. The normalized spacial score (nSPS) is 11.6. The first kappa shape index (κ1) is 14.2. The molecular formula is C12H12BrF3O. The Morgan fingerprint density at radius 3 is 2.53 bits per heavy atom. The lowest BCUT2D eigenvalue weighted by Crippen LogP contribution is -2.08. The average Bonchev–Trinajstić information content (AvgIpc) is 2.20. The molecule has 1 aromatic carbocycles. The maximum atomic E-state index is 11.9. The first-order valence-electron chi connectivity index (χ1n) is 5.16. The smallest absolute Gasteiger partial charge is 0.294 e.